The fraction of sp³-hybridized carbons (Fsp3) is 0.818. The molecule has 4 nitrogen and oxygen atoms in total. The topological polar surface area (TPSA) is 57.6 Å². The van der Waals surface area contributed by atoms with Gasteiger partial charge in [0, 0.05) is 13.1 Å². The molecule has 1 aliphatic rings. The maximum Gasteiger partial charge on any atom is 0.307 e. The van der Waals surface area contributed by atoms with Crippen LogP contribution in [0.1, 0.15) is 27.7 Å². The predicted octanol–water partition coefficient (Wildman–Crippen LogP) is 1.21. The summed E-state index contributed by atoms with van der Waals surface area (Å²) < 4.78 is 0. The van der Waals surface area contributed by atoms with Crippen molar-refractivity contribution in [2.75, 3.05) is 13.1 Å². The molecule has 1 fully saturated rings. The number of carboxylic acids is 1. The van der Waals surface area contributed by atoms with E-state index in [0.717, 1.165) is 0 Å². The van der Waals surface area contributed by atoms with Gasteiger partial charge in [-0.15, -0.1) is 0 Å². The van der Waals surface area contributed by atoms with Gasteiger partial charge in [0.1, 0.15) is 0 Å². The van der Waals surface area contributed by atoms with E-state index in [-0.39, 0.29) is 17.2 Å². The van der Waals surface area contributed by atoms with E-state index in [1.807, 2.05) is 27.7 Å². The van der Waals surface area contributed by atoms with Gasteiger partial charge in [0.25, 0.3) is 0 Å². The van der Waals surface area contributed by atoms with Gasteiger partial charge in [0.05, 0.1) is 11.8 Å². The highest BCUT2D eigenvalue weighted by atomic mass is 16.4. The Hall–Kier alpha value is -1.06. The van der Waals surface area contributed by atoms with Gasteiger partial charge >= 0.3 is 5.97 Å². The van der Waals surface area contributed by atoms with Crippen LogP contribution in [0.15, 0.2) is 0 Å². The molecule has 0 unspecified atom stereocenters. The molecule has 0 aliphatic heterocycles. The van der Waals surface area contributed by atoms with Crippen LogP contribution in [0, 0.1) is 17.3 Å². The zero-order valence-electron chi connectivity index (χ0n) is 9.78. The number of hydrogen-bond donors (Lipinski definition) is 1. The molecule has 0 aromatic rings. The molecule has 1 saturated carbocycles. The Balaban J connectivity index is 2.75. The van der Waals surface area contributed by atoms with Gasteiger partial charge in [-0.1, -0.05) is 13.8 Å². The molecule has 1 rings (SSSR count). The van der Waals surface area contributed by atoms with Crippen LogP contribution in [0.4, 0.5) is 0 Å². The van der Waals surface area contributed by atoms with E-state index in [1.54, 1.807) is 4.90 Å². The first-order valence-electron chi connectivity index (χ1n) is 5.39. The number of amides is 1. The molecule has 15 heavy (non-hydrogen) atoms. The predicted molar refractivity (Wildman–Crippen MR) is 56.3 cm³/mol. The van der Waals surface area contributed by atoms with Gasteiger partial charge in [-0.25, -0.2) is 0 Å². The van der Waals surface area contributed by atoms with Gasteiger partial charge < -0.3 is 10.0 Å². The second kappa shape index (κ2) is 3.83. The molecule has 1 amide bonds. The average molecular weight is 213 g/mol. The smallest absolute Gasteiger partial charge is 0.307 e. The first-order valence-corrected chi connectivity index (χ1v) is 5.39. The van der Waals surface area contributed by atoms with Crippen LogP contribution in [0.3, 0.4) is 0 Å². The van der Waals surface area contributed by atoms with Crippen LogP contribution < -0.4 is 0 Å². The second-order valence-corrected chi connectivity index (χ2v) is 4.63. The molecule has 0 heterocycles. The van der Waals surface area contributed by atoms with E-state index < -0.39 is 11.9 Å². The summed E-state index contributed by atoms with van der Waals surface area (Å²) in [6.07, 6.45) is 0. The van der Waals surface area contributed by atoms with Gasteiger partial charge in [0.2, 0.25) is 5.91 Å². The Bertz CT molecular complexity index is 282. The Labute approximate surface area is 90.3 Å². The van der Waals surface area contributed by atoms with Crippen LogP contribution in [0.5, 0.6) is 0 Å². The minimum absolute atomic E-state index is 0.0163. The molecular formula is C11H19NO3. The number of carbonyl (C=O) groups excluding carboxylic acids is 1. The van der Waals surface area contributed by atoms with Crippen molar-refractivity contribution in [1.82, 2.24) is 4.90 Å². The Morgan fingerprint density at radius 2 is 1.67 bits per heavy atom. The normalized spacial score (nSPS) is 27.2. The highest BCUT2D eigenvalue weighted by Crippen LogP contribution is 2.58. The average Bonchev–Trinajstić information content (AvgIpc) is 2.71. The lowest BCUT2D eigenvalue weighted by Gasteiger charge is -2.19. The van der Waals surface area contributed by atoms with Crippen LogP contribution in [-0.4, -0.2) is 35.0 Å². The van der Waals surface area contributed by atoms with Gasteiger partial charge in [0.15, 0.2) is 0 Å². The lowest BCUT2D eigenvalue weighted by Crippen LogP contribution is -2.33. The first kappa shape index (κ1) is 12.0. The van der Waals surface area contributed by atoms with Crippen molar-refractivity contribution in [1.29, 1.82) is 0 Å². The minimum atomic E-state index is -0.856. The van der Waals surface area contributed by atoms with Crippen molar-refractivity contribution in [3.63, 3.8) is 0 Å². The number of nitrogens with zero attached hydrogens (tertiary/aromatic N) is 1. The van der Waals surface area contributed by atoms with E-state index in [9.17, 15) is 9.59 Å². The van der Waals surface area contributed by atoms with Gasteiger partial charge in [-0.2, -0.15) is 0 Å². The molecule has 0 radical (unpaired) electrons. The zero-order valence-corrected chi connectivity index (χ0v) is 9.78. The molecule has 0 aromatic carbocycles. The Kier molecular flexibility index (Phi) is 3.07. The molecular weight excluding hydrogens is 194 g/mol. The third-order valence-electron chi connectivity index (χ3n) is 3.43. The summed E-state index contributed by atoms with van der Waals surface area (Å²) in [4.78, 5) is 24.6. The summed E-state index contributed by atoms with van der Waals surface area (Å²) in [6, 6.07) is 0. The number of rotatable bonds is 4. The fourth-order valence-electron chi connectivity index (χ4n) is 2.29. The first-order chi connectivity index (χ1) is 6.87. The maximum absolute atomic E-state index is 12.0. The zero-order chi connectivity index (χ0) is 11.8. The number of aliphatic carboxylic acids is 1. The molecule has 4 heteroatoms. The third-order valence-corrected chi connectivity index (χ3v) is 3.43. The highest BCUT2D eigenvalue weighted by molar-refractivity contribution is 5.91. The van der Waals surface area contributed by atoms with Crippen molar-refractivity contribution in [3.8, 4) is 0 Å². The number of hydrogen-bond acceptors (Lipinski definition) is 2. The van der Waals surface area contributed by atoms with Gasteiger partial charge in [-0.3, -0.25) is 9.59 Å². The van der Waals surface area contributed by atoms with E-state index >= 15 is 0 Å². The summed E-state index contributed by atoms with van der Waals surface area (Å²) in [5.74, 6) is -1.72. The summed E-state index contributed by atoms with van der Waals surface area (Å²) in [6.45, 7) is 8.80. The van der Waals surface area contributed by atoms with Crippen molar-refractivity contribution in [2.24, 2.45) is 17.3 Å². The standard InChI is InChI=1S/C11H19NO3/c1-5-12(6-2)9(13)7-8(10(14)15)11(7,3)4/h7-8H,5-6H2,1-4H3,(H,14,15)/t7-,8+/m0/s1. The number of carboxylic acid groups (broad SMARTS) is 1. The van der Waals surface area contributed by atoms with Crippen molar-refractivity contribution >= 4 is 11.9 Å². The summed E-state index contributed by atoms with van der Waals surface area (Å²) >= 11 is 0. The van der Waals surface area contributed by atoms with E-state index in [1.165, 1.54) is 0 Å². The fourth-order valence-corrected chi connectivity index (χ4v) is 2.29. The molecule has 2 atom stereocenters. The SMILES string of the molecule is CCN(CC)C(=O)[C@@H]1[C@H](C(=O)O)C1(C)C. The second-order valence-electron chi connectivity index (χ2n) is 4.63. The van der Waals surface area contributed by atoms with E-state index in [2.05, 4.69) is 0 Å². The minimum Gasteiger partial charge on any atom is -0.481 e. The number of carbonyl (C=O) groups is 2. The summed E-state index contributed by atoms with van der Waals surface area (Å²) in [5, 5.41) is 8.96. The quantitative estimate of drug-likeness (QED) is 0.763. The lowest BCUT2D eigenvalue weighted by atomic mass is 10.1. The highest BCUT2D eigenvalue weighted by Gasteiger charge is 2.66. The van der Waals surface area contributed by atoms with Crippen molar-refractivity contribution in [3.05, 3.63) is 0 Å². The van der Waals surface area contributed by atoms with Crippen LogP contribution in [0.2, 0.25) is 0 Å². The molecule has 86 valence electrons. The third kappa shape index (κ3) is 1.85. The Morgan fingerprint density at radius 1 is 1.20 bits per heavy atom. The largest absolute Gasteiger partial charge is 0.481 e. The maximum atomic E-state index is 12.0. The van der Waals surface area contributed by atoms with Crippen molar-refractivity contribution in [2.45, 2.75) is 27.7 Å². The van der Waals surface area contributed by atoms with Crippen LogP contribution >= 0.6 is 0 Å². The van der Waals surface area contributed by atoms with E-state index in [4.69, 9.17) is 5.11 Å². The molecule has 0 saturated heterocycles. The monoisotopic (exact) mass is 213 g/mol. The molecule has 0 aromatic heterocycles. The van der Waals surface area contributed by atoms with Crippen LogP contribution in [0.25, 0.3) is 0 Å². The van der Waals surface area contributed by atoms with E-state index in [0.29, 0.717) is 13.1 Å². The summed E-state index contributed by atoms with van der Waals surface area (Å²) in [7, 11) is 0. The Morgan fingerprint density at radius 3 is 1.93 bits per heavy atom. The summed E-state index contributed by atoms with van der Waals surface area (Å²) in [5.41, 5.74) is -0.383. The molecule has 0 spiro atoms. The molecule has 0 bridgehead atoms. The molecule has 1 N–H and O–H groups in total. The lowest BCUT2D eigenvalue weighted by molar-refractivity contribution is -0.142. The van der Waals surface area contributed by atoms with Crippen molar-refractivity contribution < 1.29 is 14.7 Å². The van der Waals surface area contributed by atoms with Crippen LogP contribution in [-0.2, 0) is 9.59 Å². The van der Waals surface area contributed by atoms with Gasteiger partial charge in [-0.05, 0) is 19.3 Å². The molecule has 1 aliphatic carbocycles.